The van der Waals surface area contributed by atoms with Crippen LogP contribution in [0.2, 0.25) is 0 Å². The Labute approximate surface area is 189 Å². The standard InChI is InChI=1S/C23H29N3O5S/c1-4-31-23(28)25(3)20-13-11-19(12-14-20)24-22(27)18-9-7-10-21(16-18)32(29,30)26-15-6-5-8-17(26)2/h7,9-14,16-17H,4-6,8,15H2,1-3H3,(H,24,27). The molecule has 172 valence electrons. The Morgan fingerprint density at radius 3 is 2.53 bits per heavy atom. The van der Waals surface area contributed by atoms with Gasteiger partial charge in [-0.3, -0.25) is 9.69 Å². The maximum absolute atomic E-state index is 13.1. The van der Waals surface area contributed by atoms with Crippen molar-refractivity contribution >= 4 is 33.4 Å². The lowest BCUT2D eigenvalue weighted by Gasteiger charge is -2.32. The van der Waals surface area contributed by atoms with Crippen molar-refractivity contribution in [2.75, 3.05) is 30.4 Å². The molecule has 0 spiro atoms. The lowest BCUT2D eigenvalue weighted by molar-refractivity contribution is 0.102. The summed E-state index contributed by atoms with van der Waals surface area (Å²) in [5.74, 6) is -0.416. The molecule has 1 atom stereocenters. The van der Waals surface area contributed by atoms with Crippen LogP contribution in [0.1, 0.15) is 43.5 Å². The smallest absolute Gasteiger partial charge is 0.413 e. The third-order valence-electron chi connectivity index (χ3n) is 5.50. The highest BCUT2D eigenvalue weighted by molar-refractivity contribution is 7.89. The van der Waals surface area contributed by atoms with Gasteiger partial charge in [0.15, 0.2) is 0 Å². The number of sulfonamides is 1. The number of hydrogen-bond acceptors (Lipinski definition) is 5. The first-order valence-electron chi connectivity index (χ1n) is 10.7. The van der Waals surface area contributed by atoms with Gasteiger partial charge in [-0.25, -0.2) is 13.2 Å². The van der Waals surface area contributed by atoms with Gasteiger partial charge in [-0.1, -0.05) is 12.5 Å². The molecule has 0 aliphatic carbocycles. The van der Waals surface area contributed by atoms with E-state index >= 15 is 0 Å². The molecular formula is C23H29N3O5S. The average molecular weight is 460 g/mol. The number of nitrogens with one attached hydrogen (secondary N) is 1. The minimum atomic E-state index is -3.66. The number of piperidine rings is 1. The molecule has 1 aliphatic heterocycles. The van der Waals surface area contributed by atoms with Crippen LogP contribution in [-0.2, 0) is 14.8 Å². The molecule has 1 heterocycles. The summed E-state index contributed by atoms with van der Waals surface area (Å²) < 4.78 is 32.7. The molecule has 0 bridgehead atoms. The highest BCUT2D eigenvalue weighted by Gasteiger charge is 2.31. The fourth-order valence-electron chi connectivity index (χ4n) is 3.66. The van der Waals surface area contributed by atoms with Crippen LogP contribution in [0.4, 0.5) is 16.2 Å². The largest absolute Gasteiger partial charge is 0.449 e. The number of carbonyl (C=O) groups is 2. The predicted octanol–water partition coefficient (Wildman–Crippen LogP) is 4.09. The maximum Gasteiger partial charge on any atom is 0.413 e. The quantitative estimate of drug-likeness (QED) is 0.702. The number of nitrogens with zero attached hydrogens (tertiary/aromatic N) is 2. The topological polar surface area (TPSA) is 96.0 Å². The first-order valence-corrected chi connectivity index (χ1v) is 12.1. The first-order chi connectivity index (χ1) is 15.2. The summed E-state index contributed by atoms with van der Waals surface area (Å²) >= 11 is 0. The van der Waals surface area contributed by atoms with Gasteiger partial charge in [-0.05, 0) is 69.2 Å². The Morgan fingerprint density at radius 2 is 1.88 bits per heavy atom. The van der Waals surface area contributed by atoms with E-state index in [1.807, 2.05) is 6.92 Å². The van der Waals surface area contributed by atoms with Gasteiger partial charge in [0.1, 0.15) is 0 Å². The molecule has 1 aliphatic rings. The van der Waals surface area contributed by atoms with E-state index < -0.39 is 22.0 Å². The molecule has 3 rings (SSSR count). The summed E-state index contributed by atoms with van der Waals surface area (Å²) in [6.07, 6.45) is 2.22. The number of ether oxygens (including phenoxy) is 1. The Balaban J connectivity index is 1.73. The lowest BCUT2D eigenvalue weighted by Crippen LogP contribution is -2.41. The highest BCUT2D eigenvalue weighted by atomic mass is 32.2. The molecule has 2 amide bonds. The molecule has 2 aromatic rings. The molecule has 0 saturated carbocycles. The second-order valence-electron chi connectivity index (χ2n) is 7.75. The van der Waals surface area contributed by atoms with Gasteiger partial charge in [0.25, 0.3) is 5.91 Å². The summed E-state index contributed by atoms with van der Waals surface area (Å²) in [6, 6.07) is 12.7. The van der Waals surface area contributed by atoms with Gasteiger partial charge >= 0.3 is 6.09 Å². The number of anilines is 2. The molecule has 1 fully saturated rings. The number of rotatable bonds is 6. The summed E-state index contributed by atoms with van der Waals surface area (Å²) in [4.78, 5) is 26.0. The van der Waals surface area contributed by atoms with Crippen molar-refractivity contribution in [3.8, 4) is 0 Å². The monoisotopic (exact) mass is 459 g/mol. The molecule has 8 nitrogen and oxygen atoms in total. The zero-order valence-corrected chi connectivity index (χ0v) is 19.4. The van der Waals surface area contributed by atoms with Crippen molar-refractivity contribution in [2.24, 2.45) is 0 Å². The van der Waals surface area contributed by atoms with E-state index in [1.54, 1.807) is 50.4 Å². The van der Waals surface area contributed by atoms with Gasteiger partial charge in [0, 0.05) is 36.6 Å². The van der Waals surface area contributed by atoms with E-state index in [0.29, 0.717) is 17.9 Å². The van der Waals surface area contributed by atoms with Crippen molar-refractivity contribution in [2.45, 2.75) is 44.0 Å². The van der Waals surface area contributed by atoms with Crippen LogP contribution in [0, 0.1) is 0 Å². The van der Waals surface area contributed by atoms with Crippen LogP contribution in [0.5, 0.6) is 0 Å². The summed E-state index contributed by atoms with van der Waals surface area (Å²) in [5.41, 5.74) is 1.39. The Hall–Kier alpha value is -2.91. The fraction of sp³-hybridized carbons (Fsp3) is 0.391. The number of carbonyl (C=O) groups excluding carboxylic acids is 2. The summed E-state index contributed by atoms with van der Waals surface area (Å²) in [6.45, 7) is 4.42. The SMILES string of the molecule is CCOC(=O)N(C)c1ccc(NC(=O)c2cccc(S(=O)(=O)N3CCCCC3C)c2)cc1. The van der Waals surface area contributed by atoms with Crippen molar-refractivity contribution in [1.82, 2.24) is 4.31 Å². The van der Waals surface area contributed by atoms with Gasteiger partial charge in [-0.15, -0.1) is 0 Å². The van der Waals surface area contributed by atoms with Gasteiger partial charge in [0.2, 0.25) is 10.0 Å². The number of amides is 2. The Bertz CT molecular complexity index is 1070. The maximum atomic E-state index is 13.1. The molecule has 9 heteroatoms. The van der Waals surface area contributed by atoms with E-state index in [0.717, 1.165) is 19.3 Å². The molecule has 2 aromatic carbocycles. The second kappa shape index (κ2) is 10.1. The average Bonchev–Trinajstić information content (AvgIpc) is 2.79. The predicted molar refractivity (Wildman–Crippen MR) is 123 cm³/mol. The van der Waals surface area contributed by atoms with E-state index in [4.69, 9.17) is 4.74 Å². The minimum absolute atomic E-state index is 0.0579. The number of hydrogen-bond donors (Lipinski definition) is 1. The van der Waals surface area contributed by atoms with E-state index in [2.05, 4.69) is 5.32 Å². The molecule has 0 aromatic heterocycles. The molecule has 1 unspecified atom stereocenters. The zero-order valence-electron chi connectivity index (χ0n) is 18.6. The molecule has 0 radical (unpaired) electrons. The molecule has 1 saturated heterocycles. The van der Waals surface area contributed by atoms with Gasteiger partial charge in [-0.2, -0.15) is 4.31 Å². The first kappa shape index (κ1) is 23.7. The number of benzene rings is 2. The third-order valence-corrected chi connectivity index (χ3v) is 7.51. The van der Waals surface area contributed by atoms with Gasteiger partial charge in [0.05, 0.1) is 11.5 Å². The van der Waals surface area contributed by atoms with Crippen LogP contribution < -0.4 is 10.2 Å². The normalized spacial score (nSPS) is 16.9. The lowest BCUT2D eigenvalue weighted by atomic mass is 10.1. The van der Waals surface area contributed by atoms with Crippen molar-refractivity contribution in [3.63, 3.8) is 0 Å². The van der Waals surface area contributed by atoms with Crippen LogP contribution >= 0.6 is 0 Å². The third kappa shape index (κ3) is 5.28. The highest BCUT2D eigenvalue weighted by Crippen LogP contribution is 2.26. The molecule has 1 N–H and O–H groups in total. The second-order valence-corrected chi connectivity index (χ2v) is 9.64. The minimum Gasteiger partial charge on any atom is -0.449 e. The van der Waals surface area contributed by atoms with Crippen LogP contribution in [0.25, 0.3) is 0 Å². The molecule has 32 heavy (non-hydrogen) atoms. The van der Waals surface area contributed by atoms with Crippen LogP contribution in [-0.4, -0.2) is 51.0 Å². The van der Waals surface area contributed by atoms with Gasteiger partial charge < -0.3 is 10.1 Å². The zero-order chi connectivity index (χ0) is 23.3. The van der Waals surface area contributed by atoms with Crippen LogP contribution in [0.15, 0.2) is 53.4 Å². The molecular weight excluding hydrogens is 430 g/mol. The van der Waals surface area contributed by atoms with Crippen LogP contribution in [0.3, 0.4) is 0 Å². The van der Waals surface area contributed by atoms with E-state index in [9.17, 15) is 18.0 Å². The Morgan fingerprint density at radius 1 is 1.16 bits per heavy atom. The van der Waals surface area contributed by atoms with Crippen molar-refractivity contribution in [3.05, 3.63) is 54.1 Å². The summed E-state index contributed by atoms with van der Waals surface area (Å²) in [7, 11) is -2.07. The summed E-state index contributed by atoms with van der Waals surface area (Å²) in [5, 5.41) is 2.76. The fourth-order valence-corrected chi connectivity index (χ4v) is 5.41. The van der Waals surface area contributed by atoms with Crippen molar-refractivity contribution in [1.29, 1.82) is 0 Å². The van der Waals surface area contributed by atoms with E-state index in [1.165, 1.54) is 21.3 Å². The van der Waals surface area contributed by atoms with Crippen molar-refractivity contribution < 1.29 is 22.7 Å². The van der Waals surface area contributed by atoms with E-state index in [-0.39, 0.29) is 23.1 Å². The Kier molecular flexibility index (Phi) is 7.52.